The maximum atomic E-state index is 12.0. The molecule has 1 aromatic carbocycles. The van der Waals surface area contributed by atoms with E-state index in [1.807, 2.05) is 0 Å². The van der Waals surface area contributed by atoms with Crippen LogP contribution in [0.2, 0.25) is 0 Å². The average molecular weight is 286 g/mol. The predicted molar refractivity (Wildman–Crippen MR) is 70.7 cm³/mol. The number of aliphatic hydroxyl groups is 1. The van der Waals surface area contributed by atoms with Crippen LogP contribution in [0.3, 0.4) is 0 Å². The van der Waals surface area contributed by atoms with E-state index in [2.05, 4.69) is 0 Å². The van der Waals surface area contributed by atoms with Gasteiger partial charge < -0.3 is 10.2 Å². The topological polar surface area (TPSA) is 91.7 Å². The summed E-state index contributed by atoms with van der Waals surface area (Å²) in [5.41, 5.74) is 0.788. The van der Waals surface area contributed by atoms with Gasteiger partial charge in [-0.2, -0.15) is 0 Å². The fraction of sp³-hybridized carbons (Fsp3) is 0.462. The molecular weight excluding hydrogens is 268 g/mol. The van der Waals surface area contributed by atoms with E-state index in [4.69, 9.17) is 10.2 Å². The van der Waals surface area contributed by atoms with Crippen molar-refractivity contribution in [1.29, 1.82) is 0 Å². The fourth-order valence-corrected chi connectivity index (χ4v) is 3.24. The Hall–Kier alpha value is -1.40. The lowest BCUT2D eigenvalue weighted by Crippen LogP contribution is -2.16. The number of rotatable bonds is 7. The van der Waals surface area contributed by atoms with E-state index in [-0.39, 0.29) is 29.6 Å². The summed E-state index contributed by atoms with van der Waals surface area (Å²) in [6.45, 7) is 1.49. The molecule has 0 spiro atoms. The molecule has 0 bridgehead atoms. The van der Waals surface area contributed by atoms with Gasteiger partial charge in [0.2, 0.25) is 0 Å². The minimum absolute atomic E-state index is 0.0215. The van der Waals surface area contributed by atoms with Crippen molar-refractivity contribution < 1.29 is 23.4 Å². The zero-order valence-electron chi connectivity index (χ0n) is 10.7. The molecule has 0 amide bonds. The lowest BCUT2D eigenvalue weighted by Gasteiger charge is -2.09. The lowest BCUT2D eigenvalue weighted by atomic mass is 10.1. The zero-order chi connectivity index (χ0) is 14.5. The second kappa shape index (κ2) is 6.68. The molecule has 1 atom stereocenters. The molecule has 0 aliphatic rings. The molecule has 1 unspecified atom stereocenters. The Labute approximate surface area is 112 Å². The van der Waals surface area contributed by atoms with Crippen LogP contribution in [0, 0.1) is 5.92 Å². The molecule has 5 nitrogen and oxygen atoms in total. The van der Waals surface area contributed by atoms with Gasteiger partial charge in [-0.3, -0.25) is 4.79 Å². The summed E-state index contributed by atoms with van der Waals surface area (Å²) in [5, 5.41) is 17.5. The Morgan fingerprint density at radius 2 is 1.84 bits per heavy atom. The van der Waals surface area contributed by atoms with Crippen LogP contribution in [0.5, 0.6) is 0 Å². The Morgan fingerprint density at radius 3 is 2.32 bits per heavy atom. The summed E-state index contributed by atoms with van der Waals surface area (Å²) in [6, 6.07) is 6.21. The van der Waals surface area contributed by atoms with Crippen LogP contribution in [0.15, 0.2) is 29.2 Å². The first-order valence-electron chi connectivity index (χ1n) is 5.99. The molecule has 0 aliphatic carbocycles. The number of hydrogen-bond acceptors (Lipinski definition) is 4. The summed E-state index contributed by atoms with van der Waals surface area (Å²) in [5.74, 6) is -1.29. The first-order valence-corrected chi connectivity index (χ1v) is 7.64. The van der Waals surface area contributed by atoms with Crippen LogP contribution in [-0.2, 0) is 21.1 Å². The van der Waals surface area contributed by atoms with Crippen molar-refractivity contribution in [2.75, 3.05) is 12.4 Å². The highest BCUT2D eigenvalue weighted by atomic mass is 32.2. The molecule has 0 heterocycles. The molecule has 6 heteroatoms. The highest BCUT2D eigenvalue weighted by Crippen LogP contribution is 2.16. The first-order chi connectivity index (χ1) is 8.85. The van der Waals surface area contributed by atoms with Crippen LogP contribution >= 0.6 is 0 Å². The van der Waals surface area contributed by atoms with Gasteiger partial charge in [-0.15, -0.1) is 0 Å². The van der Waals surface area contributed by atoms with Crippen molar-refractivity contribution >= 4 is 15.8 Å². The maximum absolute atomic E-state index is 12.0. The molecule has 1 aromatic rings. The monoisotopic (exact) mass is 286 g/mol. The predicted octanol–water partition coefficient (Wildman–Crippen LogP) is 1.11. The van der Waals surface area contributed by atoms with Crippen molar-refractivity contribution in [1.82, 2.24) is 0 Å². The summed E-state index contributed by atoms with van der Waals surface area (Å²) < 4.78 is 23.9. The number of carbonyl (C=O) groups is 1. The highest BCUT2D eigenvalue weighted by molar-refractivity contribution is 7.91. The van der Waals surface area contributed by atoms with Crippen LogP contribution in [-0.4, -0.2) is 37.0 Å². The van der Waals surface area contributed by atoms with Crippen LogP contribution in [0.4, 0.5) is 0 Å². The zero-order valence-corrected chi connectivity index (χ0v) is 11.6. The number of aryl methyl sites for hydroxylation is 1. The minimum atomic E-state index is -3.40. The molecular formula is C13H18O5S. The SMILES string of the molecule is CC(CO)CS(=O)(=O)c1ccc(CCC(=O)O)cc1. The Kier molecular flexibility index (Phi) is 5.50. The van der Waals surface area contributed by atoms with Gasteiger partial charge in [-0.25, -0.2) is 8.42 Å². The van der Waals surface area contributed by atoms with E-state index in [0.717, 1.165) is 5.56 Å². The lowest BCUT2D eigenvalue weighted by molar-refractivity contribution is -0.136. The third kappa shape index (κ3) is 5.00. The molecule has 0 saturated carbocycles. The highest BCUT2D eigenvalue weighted by Gasteiger charge is 2.17. The van der Waals surface area contributed by atoms with E-state index in [0.29, 0.717) is 6.42 Å². The van der Waals surface area contributed by atoms with E-state index in [9.17, 15) is 13.2 Å². The van der Waals surface area contributed by atoms with Gasteiger partial charge in [0.15, 0.2) is 9.84 Å². The number of sulfone groups is 1. The van der Waals surface area contributed by atoms with Crippen molar-refractivity contribution in [3.63, 3.8) is 0 Å². The number of carboxylic acid groups (broad SMARTS) is 1. The Balaban J connectivity index is 2.77. The summed E-state index contributed by atoms with van der Waals surface area (Å²) in [6.07, 6.45) is 0.399. The second-order valence-electron chi connectivity index (χ2n) is 4.61. The maximum Gasteiger partial charge on any atom is 0.303 e. The molecule has 0 fully saturated rings. The number of aliphatic hydroxyl groups excluding tert-OH is 1. The summed E-state index contributed by atoms with van der Waals surface area (Å²) in [4.78, 5) is 10.6. The van der Waals surface area contributed by atoms with E-state index >= 15 is 0 Å². The molecule has 106 valence electrons. The number of hydrogen-bond donors (Lipinski definition) is 2. The van der Waals surface area contributed by atoms with E-state index in [1.165, 1.54) is 12.1 Å². The fourth-order valence-electron chi connectivity index (χ4n) is 1.64. The van der Waals surface area contributed by atoms with Crippen molar-refractivity contribution in [2.24, 2.45) is 5.92 Å². The summed E-state index contributed by atoms with van der Waals surface area (Å²) >= 11 is 0. The normalized spacial score (nSPS) is 13.2. The van der Waals surface area contributed by atoms with Crippen molar-refractivity contribution in [3.8, 4) is 0 Å². The van der Waals surface area contributed by atoms with E-state index in [1.54, 1.807) is 19.1 Å². The van der Waals surface area contributed by atoms with Crippen molar-refractivity contribution in [3.05, 3.63) is 29.8 Å². The quantitative estimate of drug-likeness (QED) is 0.783. The van der Waals surface area contributed by atoms with E-state index < -0.39 is 15.8 Å². The van der Waals surface area contributed by atoms with Crippen LogP contribution in [0.1, 0.15) is 18.9 Å². The molecule has 0 aliphatic heterocycles. The van der Waals surface area contributed by atoms with Crippen LogP contribution in [0.25, 0.3) is 0 Å². The molecule has 0 radical (unpaired) electrons. The number of carboxylic acids is 1. The minimum Gasteiger partial charge on any atom is -0.481 e. The molecule has 1 rings (SSSR count). The van der Waals surface area contributed by atoms with Crippen molar-refractivity contribution in [2.45, 2.75) is 24.7 Å². The molecule has 0 saturated heterocycles. The molecule has 2 N–H and O–H groups in total. The van der Waals surface area contributed by atoms with Gasteiger partial charge in [0.1, 0.15) is 0 Å². The Bertz CT molecular complexity index is 518. The second-order valence-corrected chi connectivity index (χ2v) is 6.64. The Morgan fingerprint density at radius 1 is 1.26 bits per heavy atom. The number of aliphatic carboxylic acids is 1. The molecule has 0 aromatic heterocycles. The van der Waals surface area contributed by atoms with Gasteiger partial charge in [0.25, 0.3) is 0 Å². The van der Waals surface area contributed by atoms with Gasteiger partial charge in [0.05, 0.1) is 10.6 Å². The first kappa shape index (κ1) is 15.7. The average Bonchev–Trinajstić information content (AvgIpc) is 2.36. The summed E-state index contributed by atoms with van der Waals surface area (Å²) in [7, 11) is -3.40. The largest absolute Gasteiger partial charge is 0.481 e. The van der Waals surface area contributed by atoms with Gasteiger partial charge in [0, 0.05) is 13.0 Å². The van der Waals surface area contributed by atoms with Gasteiger partial charge in [-0.1, -0.05) is 19.1 Å². The van der Waals surface area contributed by atoms with Crippen LogP contribution < -0.4 is 0 Å². The smallest absolute Gasteiger partial charge is 0.303 e. The number of benzene rings is 1. The molecule has 19 heavy (non-hydrogen) atoms. The van der Waals surface area contributed by atoms with Gasteiger partial charge >= 0.3 is 5.97 Å². The third-order valence-corrected chi connectivity index (χ3v) is 4.72. The standard InChI is InChI=1S/C13H18O5S/c1-10(8-14)9-19(17,18)12-5-2-11(3-6-12)4-7-13(15)16/h2-3,5-6,10,14H,4,7-9H2,1H3,(H,15,16). The van der Waals surface area contributed by atoms with Gasteiger partial charge in [-0.05, 0) is 30.0 Å². The third-order valence-electron chi connectivity index (χ3n) is 2.73.